The second-order valence-electron chi connectivity index (χ2n) is 12.0. The van der Waals surface area contributed by atoms with Gasteiger partial charge in [0, 0.05) is 40.6 Å². The van der Waals surface area contributed by atoms with Gasteiger partial charge in [-0.05, 0) is 52.1 Å². The molecule has 0 amide bonds. The second-order valence-corrected chi connectivity index (χ2v) is 13.4. The van der Waals surface area contributed by atoms with E-state index in [2.05, 4.69) is 134 Å². The van der Waals surface area contributed by atoms with Gasteiger partial charge in [0.2, 0.25) is 5.69 Å². The molecule has 0 bridgehead atoms. The summed E-state index contributed by atoms with van der Waals surface area (Å²) in [5, 5.41) is 7.85. The first kappa shape index (κ1) is 28.5. The Labute approximate surface area is 271 Å². The number of rotatable bonds is 7. The highest BCUT2D eigenvalue weighted by molar-refractivity contribution is 7.56. The smallest absolute Gasteiger partial charge is 0.326 e. The number of allylic oxidation sites excluding steroid dienone is 1. The minimum Gasteiger partial charge on any atom is -0.435 e. The van der Waals surface area contributed by atoms with E-state index in [0.717, 1.165) is 62.3 Å². The molecule has 224 valence electrons. The van der Waals surface area contributed by atoms with Crippen molar-refractivity contribution in [2.24, 2.45) is 0 Å². The van der Waals surface area contributed by atoms with Gasteiger partial charge in [-0.2, -0.15) is 4.57 Å². The fraction of sp³-hybridized carbons (Fsp3) is 0.119. The Balaban J connectivity index is 1.32. The van der Waals surface area contributed by atoms with E-state index in [-0.39, 0.29) is 5.54 Å². The molecule has 0 N–H and O–H groups in total. The Morgan fingerprint density at radius 1 is 0.587 bits per heavy atom. The van der Waals surface area contributed by atoms with Crippen molar-refractivity contribution in [3.8, 4) is 22.8 Å². The van der Waals surface area contributed by atoms with Crippen LogP contribution in [0.25, 0.3) is 49.1 Å². The highest BCUT2D eigenvalue weighted by Crippen LogP contribution is 2.48. The van der Waals surface area contributed by atoms with Crippen molar-refractivity contribution in [2.75, 3.05) is 0 Å². The van der Waals surface area contributed by atoms with Gasteiger partial charge < -0.3 is 9.05 Å². The molecular formula is C42H35NO2P+. The topological polar surface area (TPSA) is 22.3 Å². The number of fused-ring (bicyclic) bond motifs is 6. The van der Waals surface area contributed by atoms with Crippen molar-refractivity contribution in [3.63, 3.8) is 0 Å². The van der Waals surface area contributed by atoms with E-state index in [1.165, 1.54) is 22.0 Å². The van der Waals surface area contributed by atoms with Crippen molar-refractivity contribution in [1.29, 1.82) is 0 Å². The van der Waals surface area contributed by atoms with Gasteiger partial charge in [-0.1, -0.05) is 117 Å². The minimum absolute atomic E-state index is 0.197. The van der Waals surface area contributed by atoms with Crippen molar-refractivity contribution < 1.29 is 13.6 Å². The third-order valence-corrected chi connectivity index (χ3v) is 11.1. The number of nitrogens with zero attached hydrogens (tertiary/aromatic N) is 1. The maximum atomic E-state index is 6.94. The summed E-state index contributed by atoms with van der Waals surface area (Å²) in [4.78, 5) is 0. The SMILES string of the molecule is C=C1c2ccc(P(Oc3cccc4ccccc34)Oc3cccc4ccccc34)cc2-c2cc3ccccc3c[n+]2C1(CC)CC. The fourth-order valence-electron chi connectivity index (χ4n) is 7.13. The van der Waals surface area contributed by atoms with Crippen LogP contribution in [0, 0.1) is 0 Å². The molecule has 0 spiro atoms. The summed E-state index contributed by atoms with van der Waals surface area (Å²) >= 11 is 0. The third-order valence-electron chi connectivity index (χ3n) is 9.69. The van der Waals surface area contributed by atoms with E-state index in [1.807, 2.05) is 24.3 Å². The van der Waals surface area contributed by atoms with Crippen LogP contribution >= 0.6 is 8.38 Å². The molecule has 0 atom stereocenters. The van der Waals surface area contributed by atoms with Gasteiger partial charge in [0.1, 0.15) is 11.5 Å². The van der Waals surface area contributed by atoms with E-state index in [9.17, 15) is 0 Å². The van der Waals surface area contributed by atoms with E-state index in [0.29, 0.717) is 0 Å². The zero-order valence-electron chi connectivity index (χ0n) is 26.1. The standard InChI is InChI=1S/C42H35NO2P/c1-4-42(5-2)29(3)35-25-24-34(27-38(35)39-26-32-16-6-7-17-33(32)28-43(39)42)46(44-40-22-12-18-30-14-8-10-20-36(30)40)45-41-23-13-19-31-15-9-11-21-37(31)41/h6-28H,3-5H2,1-2H3/q+1. The predicted octanol–water partition coefficient (Wildman–Crippen LogP) is 10.7. The molecule has 0 saturated heterocycles. The number of hydrogen-bond donors (Lipinski definition) is 0. The van der Waals surface area contributed by atoms with Gasteiger partial charge in [0.25, 0.3) is 0 Å². The lowest BCUT2D eigenvalue weighted by molar-refractivity contribution is -0.740. The first-order valence-corrected chi connectivity index (χ1v) is 17.2. The Morgan fingerprint density at radius 2 is 1.13 bits per heavy atom. The van der Waals surface area contributed by atoms with Crippen LogP contribution in [0.1, 0.15) is 32.3 Å². The first-order valence-electron chi connectivity index (χ1n) is 16.0. The van der Waals surface area contributed by atoms with Crippen molar-refractivity contribution in [1.82, 2.24) is 0 Å². The minimum atomic E-state index is -1.58. The van der Waals surface area contributed by atoms with E-state index in [4.69, 9.17) is 15.6 Å². The van der Waals surface area contributed by atoms with Gasteiger partial charge >= 0.3 is 8.38 Å². The average molecular weight is 617 g/mol. The fourth-order valence-corrected chi connectivity index (χ4v) is 8.49. The molecule has 0 fully saturated rings. The van der Waals surface area contributed by atoms with Crippen molar-refractivity contribution in [3.05, 3.63) is 152 Å². The van der Waals surface area contributed by atoms with E-state index in [1.54, 1.807) is 0 Å². The van der Waals surface area contributed by atoms with Crippen LogP contribution in [0.15, 0.2) is 146 Å². The average Bonchev–Trinajstić information content (AvgIpc) is 3.11. The predicted molar refractivity (Wildman–Crippen MR) is 193 cm³/mol. The third kappa shape index (κ3) is 4.58. The molecule has 0 aliphatic carbocycles. The zero-order valence-corrected chi connectivity index (χ0v) is 27.0. The monoisotopic (exact) mass is 616 g/mol. The largest absolute Gasteiger partial charge is 0.435 e. The maximum absolute atomic E-state index is 6.94. The van der Waals surface area contributed by atoms with Crippen LogP contribution in [0.2, 0.25) is 0 Å². The molecule has 1 aliphatic rings. The molecule has 0 radical (unpaired) electrons. The van der Waals surface area contributed by atoms with Crippen LogP contribution in [0.3, 0.4) is 0 Å². The lowest BCUT2D eigenvalue weighted by Gasteiger charge is -2.35. The van der Waals surface area contributed by atoms with Crippen molar-refractivity contribution >= 4 is 51.6 Å². The first-order chi connectivity index (χ1) is 22.6. The van der Waals surface area contributed by atoms with Gasteiger partial charge in [-0.3, -0.25) is 0 Å². The molecule has 8 rings (SSSR count). The Kier molecular flexibility index (Phi) is 7.08. The normalized spacial score (nSPS) is 13.6. The zero-order chi connectivity index (χ0) is 31.3. The highest BCUT2D eigenvalue weighted by Gasteiger charge is 2.47. The van der Waals surface area contributed by atoms with Crippen LogP contribution < -0.4 is 18.9 Å². The summed E-state index contributed by atoms with van der Waals surface area (Å²) in [7, 11) is -1.58. The van der Waals surface area contributed by atoms with E-state index < -0.39 is 8.38 Å². The summed E-state index contributed by atoms with van der Waals surface area (Å²) < 4.78 is 16.4. The number of hydrogen-bond acceptors (Lipinski definition) is 2. The quantitative estimate of drug-likeness (QED) is 0.131. The van der Waals surface area contributed by atoms with Crippen LogP contribution in [-0.2, 0) is 5.54 Å². The van der Waals surface area contributed by atoms with Crippen LogP contribution in [-0.4, -0.2) is 0 Å². The Bertz CT molecular complexity index is 2200. The van der Waals surface area contributed by atoms with Crippen molar-refractivity contribution in [2.45, 2.75) is 32.2 Å². The number of aromatic nitrogens is 1. The molecule has 1 aromatic heterocycles. The molecule has 2 heterocycles. The molecule has 0 saturated carbocycles. The molecule has 3 nitrogen and oxygen atoms in total. The summed E-state index contributed by atoms with van der Waals surface area (Å²) in [6.07, 6.45) is 4.24. The Morgan fingerprint density at radius 3 is 1.74 bits per heavy atom. The maximum Gasteiger partial charge on any atom is 0.326 e. The molecule has 7 aromatic rings. The molecular weight excluding hydrogens is 581 g/mol. The molecule has 1 aliphatic heterocycles. The molecule has 4 heteroatoms. The van der Waals surface area contributed by atoms with Crippen LogP contribution in [0.5, 0.6) is 11.5 Å². The van der Waals surface area contributed by atoms with Gasteiger partial charge in [-0.25, -0.2) is 0 Å². The molecule has 46 heavy (non-hydrogen) atoms. The lowest BCUT2D eigenvalue weighted by atomic mass is 9.75. The molecule has 0 unspecified atom stereocenters. The van der Waals surface area contributed by atoms with E-state index >= 15 is 0 Å². The highest BCUT2D eigenvalue weighted by atomic mass is 31.2. The summed E-state index contributed by atoms with van der Waals surface area (Å²) in [6.45, 7) is 9.28. The van der Waals surface area contributed by atoms with Gasteiger partial charge in [0.15, 0.2) is 11.7 Å². The summed E-state index contributed by atoms with van der Waals surface area (Å²) in [5.74, 6) is 1.62. The number of pyridine rings is 1. The Hall–Kier alpha value is -4.98. The second kappa shape index (κ2) is 11.4. The van der Waals surface area contributed by atoms with Crippen LogP contribution in [0.4, 0.5) is 0 Å². The lowest BCUT2D eigenvalue weighted by Crippen LogP contribution is -2.59. The number of benzene rings is 6. The summed E-state index contributed by atoms with van der Waals surface area (Å²) in [6, 6.07) is 46.7. The van der Waals surface area contributed by atoms with Gasteiger partial charge in [-0.15, -0.1) is 0 Å². The van der Waals surface area contributed by atoms with Gasteiger partial charge in [0.05, 0.1) is 10.9 Å². The molecule has 6 aromatic carbocycles. The summed E-state index contributed by atoms with van der Waals surface area (Å²) in [5.41, 5.74) is 4.49.